The molecule has 6 heteroatoms. The second-order valence-electron chi connectivity index (χ2n) is 3.51. The van der Waals surface area contributed by atoms with E-state index >= 15 is 0 Å². The molecule has 0 N–H and O–H groups in total. The van der Waals surface area contributed by atoms with Crippen molar-refractivity contribution in [1.82, 2.24) is 0 Å². The van der Waals surface area contributed by atoms with Crippen LogP contribution in [0.15, 0.2) is 34.7 Å². The molecule has 0 atom stereocenters. The van der Waals surface area contributed by atoms with E-state index in [2.05, 4.69) is 4.42 Å². The van der Waals surface area contributed by atoms with Crippen LogP contribution in [0.25, 0.3) is 11.3 Å². The first kappa shape index (κ1) is 12.5. The lowest BCUT2D eigenvalue weighted by atomic mass is 10.1. The topological polar surface area (TPSA) is 22.4 Å². The molecule has 0 aliphatic rings. The molecule has 0 saturated carbocycles. The summed E-state index contributed by atoms with van der Waals surface area (Å²) in [7, 11) is 1.30. The van der Waals surface area contributed by atoms with Crippen molar-refractivity contribution in [1.29, 1.82) is 0 Å². The Morgan fingerprint density at radius 1 is 1.11 bits per heavy atom. The lowest BCUT2D eigenvalue weighted by Crippen LogP contribution is -2.01. The minimum Gasteiger partial charge on any atom is -0.494 e. The maximum absolute atomic E-state index is 13.4. The van der Waals surface area contributed by atoms with Crippen LogP contribution < -0.4 is 4.74 Å². The number of halogens is 4. The van der Waals surface area contributed by atoms with Gasteiger partial charge in [-0.25, -0.2) is 4.39 Å². The quantitative estimate of drug-likeness (QED) is 0.758. The highest BCUT2D eigenvalue weighted by Gasteiger charge is 2.34. The summed E-state index contributed by atoms with van der Waals surface area (Å²) in [6.45, 7) is 0. The Labute approximate surface area is 99.8 Å². The summed E-state index contributed by atoms with van der Waals surface area (Å²) in [5.74, 6) is -1.82. The van der Waals surface area contributed by atoms with Gasteiger partial charge in [0, 0.05) is 5.56 Å². The van der Waals surface area contributed by atoms with Gasteiger partial charge in [0.05, 0.1) is 7.11 Å². The molecule has 0 aliphatic heterocycles. The summed E-state index contributed by atoms with van der Waals surface area (Å²) in [5.41, 5.74) is 0.212. The third-order valence-corrected chi connectivity index (χ3v) is 2.32. The molecule has 2 nitrogen and oxygen atoms in total. The molecule has 2 aromatic rings. The minimum absolute atomic E-state index is 0.0151. The summed E-state index contributed by atoms with van der Waals surface area (Å²) in [6.07, 6.45) is -4.55. The Bertz CT molecular complexity index is 557. The number of alkyl halides is 3. The Balaban J connectivity index is 2.38. The second kappa shape index (κ2) is 4.36. The first-order chi connectivity index (χ1) is 8.41. The van der Waals surface area contributed by atoms with E-state index in [1.165, 1.54) is 19.2 Å². The van der Waals surface area contributed by atoms with E-state index in [1.807, 2.05) is 0 Å². The van der Waals surface area contributed by atoms with Gasteiger partial charge in [0.25, 0.3) is 0 Å². The molecular formula is C12H8F4O2. The number of methoxy groups -OCH3 is 1. The molecule has 0 fully saturated rings. The van der Waals surface area contributed by atoms with Crippen molar-refractivity contribution >= 4 is 0 Å². The monoisotopic (exact) mass is 260 g/mol. The molecule has 2 rings (SSSR count). The molecule has 96 valence electrons. The molecule has 0 unspecified atom stereocenters. The lowest BCUT2D eigenvalue weighted by molar-refractivity contribution is -0.152. The minimum atomic E-state index is -4.55. The number of furan rings is 1. The fourth-order valence-electron chi connectivity index (χ4n) is 1.47. The molecule has 1 aromatic carbocycles. The smallest absolute Gasteiger partial charge is 0.449 e. The van der Waals surface area contributed by atoms with E-state index in [0.717, 1.165) is 18.2 Å². The first-order valence-electron chi connectivity index (χ1n) is 4.93. The Morgan fingerprint density at radius 3 is 2.33 bits per heavy atom. The zero-order valence-electron chi connectivity index (χ0n) is 9.22. The largest absolute Gasteiger partial charge is 0.494 e. The predicted molar refractivity (Wildman–Crippen MR) is 55.7 cm³/mol. The van der Waals surface area contributed by atoms with Crippen molar-refractivity contribution in [3.05, 3.63) is 41.9 Å². The van der Waals surface area contributed by atoms with Crippen LogP contribution in [0.1, 0.15) is 5.76 Å². The predicted octanol–water partition coefficient (Wildman–Crippen LogP) is 4.11. The molecular weight excluding hydrogens is 252 g/mol. The van der Waals surface area contributed by atoms with E-state index in [4.69, 9.17) is 4.74 Å². The molecule has 0 spiro atoms. The van der Waals surface area contributed by atoms with Crippen molar-refractivity contribution in [2.45, 2.75) is 6.18 Å². The summed E-state index contributed by atoms with van der Waals surface area (Å²) in [6, 6.07) is 5.74. The summed E-state index contributed by atoms with van der Waals surface area (Å²) in [4.78, 5) is 0. The van der Waals surface area contributed by atoms with E-state index in [-0.39, 0.29) is 17.1 Å². The van der Waals surface area contributed by atoms with E-state index in [0.29, 0.717) is 0 Å². The third kappa shape index (κ3) is 2.32. The van der Waals surface area contributed by atoms with Crippen LogP contribution in [-0.2, 0) is 6.18 Å². The molecule has 1 heterocycles. The standard InChI is InChI=1S/C12H8F4O2/c1-17-10-3-2-7(6-8(10)13)9-4-5-11(18-9)12(14,15)16/h2-6H,1H3. The van der Waals surface area contributed by atoms with E-state index in [1.54, 1.807) is 0 Å². The van der Waals surface area contributed by atoms with Gasteiger partial charge < -0.3 is 9.15 Å². The maximum Gasteiger partial charge on any atom is 0.449 e. The summed E-state index contributed by atoms with van der Waals surface area (Å²) in [5, 5.41) is 0. The highest BCUT2D eigenvalue weighted by molar-refractivity contribution is 5.59. The molecule has 0 bridgehead atoms. The number of ether oxygens (including phenoxy) is 1. The zero-order valence-corrected chi connectivity index (χ0v) is 9.22. The molecule has 1 aromatic heterocycles. The van der Waals surface area contributed by atoms with Gasteiger partial charge in [0.15, 0.2) is 11.6 Å². The van der Waals surface area contributed by atoms with Crippen LogP contribution in [0.3, 0.4) is 0 Å². The van der Waals surface area contributed by atoms with Gasteiger partial charge in [-0.05, 0) is 30.3 Å². The van der Waals surface area contributed by atoms with Crippen molar-refractivity contribution in [2.24, 2.45) is 0 Å². The number of hydrogen-bond acceptors (Lipinski definition) is 2. The van der Waals surface area contributed by atoms with Gasteiger partial charge in [-0.2, -0.15) is 13.2 Å². The van der Waals surface area contributed by atoms with Crippen LogP contribution in [0.4, 0.5) is 17.6 Å². The molecule has 0 amide bonds. The van der Waals surface area contributed by atoms with Gasteiger partial charge in [0.1, 0.15) is 5.76 Å². The van der Waals surface area contributed by atoms with Crippen molar-refractivity contribution in [3.63, 3.8) is 0 Å². The van der Waals surface area contributed by atoms with Crippen molar-refractivity contribution in [3.8, 4) is 17.1 Å². The third-order valence-electron chi connectivity index (χ3n) is 2.32. The van der Waals surface area contributed by atoms with Gasteiger partial charge in [-0.3, -0.25) is 0 Å². The van der Waals surface area contributed by atoms with Crippen LogP contribution in [0, 0.1) is 5.82 Å². The van der Waals surface area contributed by atoms with E-state index < -0.39 is 17.8 Å². The van der Waals surface area contributed by atoms with Gasteiger partial charge in [-0.15, -0.1) is 0 Å². The van der Waals surface area contributed by atoms with Crippen molar-refractivity contribution < 1.29 is 26.7 Å². The van der Waals surface area contributed by atoms with E-state index in [9.17, 15) is 17.6 Å². The van der Waals surface area contributed by atoms with Crippen LogP contribution >= 0.6 is 0 Å². The number of rotatable bonds is 2. The summed E-state index contributed by atoms with van der Waals surface area (Å²) < 4.78 is 59.7. The van der Waals surface area contributed by atoms with Crippen LogP contribution in [0.5, 0.6) is 5.75 Å². The molecule has 0 radical (unpaired) electrons. The van der Waals surface area contributed by atoms with Crippen LogP contribution in [0.2, 0.25) is 0 Å². The van der Waals surface area contributed by atoms with Gasteiger partial charge in [-0.1, -0.05) is 0 Å². The van der Waals surface area contributed by atoms with Crippen LogP contribution in [-0.4, -0.2) is 7.11 Å². The average molecular weight is 260 g/mol. The first-order valence-corrected chi connectivity index (χ1v) is 4.93. The maximum atomic E-state index is 13.4. The fraction of sp³-hybridized carbons (Fsp3) is 0.167. The highest BCUT2D eigenvalue weighted by Crippen LogP contribution is 2.34. The Hall–Kier alpha value is -1.98. The second-order valence-corrected chi connectivity index (χ2v) is 3.51. The van der Waals surface area contributed by atoms with Gasteiger partial charge in [0.2, 0.25) is 5.76 Å². The SMILES string of the molecule is COc1ccc(-c2ccc(C(F)(F)F)o2)cc1F. The lowest BCUT2D eigenvalue weighted by Gasteiger charge is -2.04. The van der Waals surface area contributed by atoms with Gasteiger partial charge >= 0.3 is 6.18 Å². The van der Waals surface area contributed by atoms with Crippen molar-refractivity contribution in [2.75, 3.05) is 7.11 Å². The zero-order chi connectivity index (χ0) is 13.3. The average Bonchev–Trinajstić information content (AvgIpc) is 2.77. The Kier molecular flexibility index (Phi) is 3.02. The molecule has 0 saturated heterocycles. The molecule has 0 aliphatic carbocycles. The number of benzene rings is 1. The fourth-order valence-corrected chi connectivity index (χ4v) is 1.47. The summed E-state index contributed by atoms with van der Waals surface area (Å²) >= 11 is 0. The molecule has 18 heavy (non-hydrogen) atoms. The Morgan fingerprint density at radius 2 is 1.83 bits per heavy atom. The number of hydrogen-bond donors (Lipinski definition) is 0. The normalized spacial score (nSPS) is 11.6. The highest BCUT2D eigenvalue weighted by atomic mass is 19.4.